The first kappa shape index (κ1) is 27.1. The van der Waals surface area contributed by atoms with Crippen LogP contribution in [0.1, 0.15) is 0 Å². The molecule has 0 aliphatic heterocycles. The van der Waals surface area contributed by atoms with Crippen LogP contribution in [-0.2, 0) is 0 Å². The van der Waals surface area contributed by atoms with E-state index >= 15 is 0 Å². The van der Waals surface area contributed by atoms with E-state index in [-0.39, 0.29) is 0 Å². The van der Waals surface area contributed by atoms with Crippen molar-refractivity contribution in [1.29, 1.82) is 0 Å². The van der Waals surface area contributed by atoms with Crippen LogP contribution >= 0.6 is 0 Å². The molecule has 5 aromatic heterocycles. The summed E-state index contributed by atoms with van der Waals surface area (Å²) < 4.78 is 13.3. The third-order valence-electron chi connectivity index (χ3n) is 9.97. The molecule has 11 rings (SSSR count). The minimum Gasteiger partial charge on any atom is -0.455 e. The van der Waals surface area contributed by atoms with E-state index in [1.165, 1.54) is 0 Å². The van der Waals surface area contributed by atoms with Gasteiger partial charge in [0.25, 0.3) is 0 Å². The highest BCUT2D eigenvalue weighted by molar-refractivity contribution is 6.29. The highest BCUT2D eigenvalue weighted by Crippen LogP contribution is 2.48. The molecule has 0 fully saturated rings. The zero-order valence-corrected chi connectivity index (χ0v) is 26.6. The molecule has 5 heterocycles. The Kier molecular flexibility index (Phi) is 5.60. The van der Waals surface area contributed by atoms with Crippen LogP contribution in [-0.4, -0.2) is 15.0 Å². The lowest BCUT2D eigenvalue weighted by Crippen LogP contribution is -1.95. The summed E-state index contributed by atoms with van der Waals surface area (Å²) in [4.78, 5) is 15.0. The van der Waals surface area contributed by atoms with Gasteiger partial charge >= 0.3 is 0 Å². The fourth-order valence-electron chi connectivity index (χ4n) is 7.79. The molecule has 0 radical (unpaired) electrons. The Balaban J connectivity index is 1.28. The average molecular weight is 640 g/mol. The molecule has 0 unspecified atom stereocenters. The molecule has 0 saturated carbocycles. The molecule has 50 heavy (non-hydrogen) atoms. The van der Waals surface area contributed by atoms with Gasteiger partial charge in [-0.25, -0.2) is 4.98 Å². The third kappa shape index (κ3) is 3.80. The van der Waals surface area contributed by atoms with Gasteiger partial charge in [-0.2, -0.15) is 0 Å². The molecule has 0 saturated heterocycles. The first-order valence-electron chi connectivity index (χ1n) is 16.7. The van der Waals surface area contributed by atoms with E-state index in [0.717, 1.165) is 110 Å². The van der Waals surface area contributed by atoms with Crippen molar-refractivity contribution in [3.63, 3.8) is 0 Å². The van der Waals surface area contributed by atoms with Crippen LogP contribution < -0.4 is 0 Å². The fraction of sp³-hybridized carbons (Fsp3) is 0. The van der Waals surface area contributed by atoms with Crippen molar-refractivity contribution in [2.24, 2.45) is 0 Å². The molecule has 0 aliphatic rings. The molecule has 0 bridgehead atoms. The average Bonchev–Trinajstić information content (AvgIpc) is 3.77. The normalized spacial score (nSPS) is 12.0. The van der Waals surface area contributed by atoms with Crippen LogP contribution in [0.5, 0.6) is 0 Å². The minimum atomic E-state index is 0.761. The van der Waals surface area contributed by atoms with E-state index in [2.05, 4.69) is 96.0 Å². The summed E-state index contributed by atoms with van der Waals surface area (Å²) in [6, 6.07) is 48.0. The van der Waals surface area contributed by atoms with E-state index in [1.807, 2.05) is 54.7 Å². The van der Waals surface area contributed by atoms with Gasteiger partial charge < -0.3 is 8.83 Å². The lowest BCUT2D eigenvalue weighted by atomic mass is 9.86. The summed E-state index contributed by atoms with van der Waals surface area (Å²) >= 11 is 0. The second-order valence-corrected chi connectivity index (χ2v) is 12.7. The molecule has 6 aromatic carbocycles. The lowest BCUT2D eigenvalue weighted by molar-refractivity contribution is 0.668. The number of rotatable bonds is 3. The van der Waals surface area contributed by atoms with Crippen molar-refractivity contribution in [1.82, 2.24) is 15.0 Å². The maximum absolute atomic E-state index is 6.72. The van der Waals surface area contributed by atoms with Crippen molar-refractivity contribution in [2.45, 2.75) is 0 Å². The lowest BCUT2D eigenvalue weighted by Gasteiger charge is -2.18. The summed E-state index contributed by atoms with van der Waals surface area (Å²) in [5.41, 5.74) is 9.80. The maximum atomic E-state index is 6.72. The molecule has 0 aliphatic carbocycles. The number of benzene rings is 6. The van der Waals surface area contributed by atoms with E-state index in [9.17, 15) is 0 Å². The van der Waals surface area contributed by atoms with Crippen LogP contribution in [0.25, 0.3) is 110 Å². The number of para-hydroxylation sites is 2. The smallest absolute Gasteiger partial charge is 0.161 e. The second-order valence-electron chi connectivity index (χ2n) is 12.7. The van der Waals surface area contributed by atoms with Gasteiger partial charge in [0.05, 0.1) is 22.5 Å². The summed E-state index contributed by atoms with van der Waals surface area (Å²) in [6.07, 6.45) is 3.76. The third-order valence-corrected chi connectivity index (χ3v) is 9.97. The predicted octanol–water partition coefficient (Wildman–Crippen LogP) is 12.1. The van der Waals surface area contributed by atoms with Crippen LogP contribution in [0.3, 0.4) is 0 Å². The van der Waals surface area contributed by atoms with Gasteiger partial charge in [-0.15, -0.1) is 0 Å². The Bertz CT molecular complexity index is 3080. The number of aromatic nitrogens is 3. The van der Waals surface area contributed by atoms with Crippen molar-refractivity contribution in [3.05, 3.63) is 152 Å². The zero-order chi connectivity index (χ0) is 32.8. The summed E-state index contributed by atoms with van der Waals surface area (Å²) in [5.74, 6) is 0. The second kappa shape index (κ2) is 10.3. The standard InChI is InChI=1S/C45H25N3O2/c1-3-14-30-28(12-1)39(26-20-23-36(47-25-26)35-17-9-10-24-46-35)29-13-2-4-15-31(29)40(30)43-41-33-16-6-8-19-38(33)49-44(41)34-22-21-32-27-11-5-7-18-37(27)50-45(32)42(34)48-43/h1-25H. The molecule has 0 spiro atoms. The van der Waals surface area contributed by atoms with E-state index in [0.29, 0.717) is 0 Å². The number of fused-ring (bicyclic) bond motifs is 11. The Morgan fingerprint density at radius 2 is 0.980 bits per heavy atom. The number of nitrogens with zero attached hydrogens (tertiary/aromatic N) is 3. The Morgan fingerprint density at radius 3 is 1.66 bits per heavy atom. The number of hydrogen-bond donors (Lipinski definition) is 0. The van der Waals surface area contributed by atoms with Crippen LogP contribution in [0, 0.1) is 0 Å². The van der Waals surface area contributed by atoms with Crippen LogP contribution in [0.4, 0.5) is 0 Å². The largest absolute Gasteiger partial charge is 0.455 e. The van der Waals surface area contributed by atoms with Crippen LogP contribution in [0.15, 0.2) is 161 Å². The zero-order valence-electron chi connectivity index (χ0n) is 26.6. The van der Waals surface area contributed by atoms with Crippen molar-refractivity contribution in [2.75, 3.05) is 0 Å². The first-order chi connectivity index (χ1) is 24.8. The summed E-state index contributed by atoms with van der Waals surface area (Å²) in [5, 5.41) is 9.51. The highest BCUT2D eigenvalue weighted by Gasteiger charge is 2.25. The van der Waals surface area contributed by atoms with Crippen molar-refractivity contribution in [3.8, 4) is 33.8 Å². The van der Waals surface area contributed by atoms with Gasteiger partial charge in [0.15, 0.2) is 5.58 Å². The Hall–Kier alpha value is -6.85. The summed E-state index contributed by atoms with van der Waals surface area (Å²) in [7, 11) is 0. The van der Waals surface area contributed by atoms with Gasteiger partial charge in [0.1, 0.15) is 22.3 Å². The van der Waals surface area contributed by atoms with Crippen molar-refractivity contribution < 1.29 is 8.83 Å². The minimum absolute atomic E-state index is 0.761. The first-order valence-corrected chi connectivity index (χ1v) is 16.7. The quantitative estimate of drug-likeness (QED) is 0.180. The monoisotopic (exact) mass is 639 g/mol. The Morgan fingerprint density at radius 1 is 0.400 bits per heavy atom. The number of hydrogen-bond acceptors (Lipinski definition) is 5. The molecular weight excluding hydrogens is 615 g/mol. The molecule has 0 atom stereocenters. The molecule has 5 nitrogen and oxygen atoms in total. The SMILES string of the molecule is c1ccc(-c2ccc(-c3c4ccccc4c(-c4nc5c(ccc6c7ccccc7oc65)c5oc6ccccc6c45)c4ccccc34)cn2)nc1. The number of pyridine rings is 3. The van der Waals surface area contributed by atoms with Gasteiger partial charge in [0, 0.05) is 45.1 Å². The van der Waals surface area contributed by atoms with Gasteiger partial charge in [-0.3, -0.25) is 9.97 Å². The predicted molar refractivity (Wildman–Crippen MR) is 203 cm³/mol. The number of furan rings is 2. The van der Waals surface area contributed by atoms with Crippen molar-refractivity contribution >= 4 is 76.3 Å². The van der Waals surface area contributed by atoms with Gasteiger partial charge in [0.2, 0.25) is 0 Å². The van der Waals surface area contributed by atoms with E-state index in [1.54, 1.807) is 6.20 Å². The summed E-state index contributed by atoms with van der Waals surface area (Å²) in [6.45, 7) is 0. The van der Waals surface area contributed by atoms with E-state index in [4.69, 9.17) is 18.8 Å². The molecule has 0 N–H and O–H groups in total. The van der Waals surface area contributed by atoms with Gasteiger partial charge in [-0.05, 0) is 69.6 Å². The molecule has 232 valence electrons. The van der Waals surface area contributed by atoms with Gasteiger partial charge in [-0.1, -0.05) is 97.1 Å². The molecule has 5 heteroatoms. The fourth-order valence-corrected chi connectivity index (χ4v) is 7.79. The molecule has 0 amide bonds. The highest BCUT2D eigenvalue weighted by atomic mass is 16.3. The maximum Gasteiger partial charge on any atom is 0.161 e. The Labute approximate surface area is 285 Å². The molecule has 11 aromatic rings. The topological polar surface area (TPSA) is 65.0 Å². The van der Waals surface area contributed by atoms with Crippen LogP contribution in [0.2, 0.25) is 0 Å². The van der Waals surface area contributed by atoms with E-state index < -0.39 is 0 Å². The molecular formula is C45H25N3O2.